The van der Waals surface area contributed by atoms with Crippen LogP contribution in [-0.2, 0) is 12.7 Å². The minimum absolute atomic E-state index is 0. The van der Waals surface area contributed by atoms with Gasteiger partial charge in [0.1, 0.15) is 0 Å². The number of fused-ring (bicyclic) bond motifs is 1. The van der Waals surface area contributed by atoms with Gasteiger partial charge in [0.2, 0.25) is 0 Å². The highest BCUT2D eigenvalue weighted by atomic mass is 35.5. The molecule has 0 atom stereocenters. The van der Waals surface area contributed by atoms with Gasteiger partial charge in [0.15, 0.2) is 11.5 Å². The number of phenols is 1. The average Bonchev–Trinajstić information content (AvgIpc) is 2.86. The van der Waals surface area contributed by atoms with Gasteiger partial charge < -0.3 is 20.5 Å². The topological polar surface area (TPSA) is 66.4 Å². The molecule has 4 aromatic rings. The summed E-state index contributed by atoms with van der Waals surface area (Å²) in [6.45, 7) is 2.02. The van der Waals surface area contributed by atoms with Crippen LogP contribution in [0.15, 0.2) is 72.9 Å². The summed E-state index contributed by atoms with van der Waals surface area (Å²) in [5, 5.41) is 17.8. The Bertz CT molecular complexity index is 1300. The van der Waals surface area contributed by atoms with Crippen LogP contribution >= 0.6 is 12.4 Å². The van der Waals surface area contributed by atoms with Crippen molar-refractivity contribution in [3.63, 3.8) is 0 Å². The minimum atomic E-state index is -4.35. The van der Waals surface area contributed by atoms with Gasteiger partial charge in [-0.2, -0.15) is 13.2 Å². The van der Waals surface area contributed by atoms with E-state index in [1.807, 2.05) is 36.4 Å². The van der Waals surface area contributed by atoms with Gasteiger partial charge in [0.05, 0.1) is 18.2 Å². The van der Waals surface area contributed by atoms with Crippen molar-refractivity contribution < 1.29 is 23.0 Å². The largest absolute Gasteiger partial charge is 0.504 e. The molecule has 0 radical (unpaired) electrons. The summed E-state index contributed by atoms with van der Waals surface area (Å²) in [6.07, 6.45) is -1.78. The Labute approximate surface area is 213 Å². The molecule has 0 amide bonds. The molecule has 0 aliphatic rings. The Morgan fingerprint density at radius 2 is 1.69 bits per heavy atom. The lowest BCUT2D eigenvalue weighted by molar-refractivity contribution is -0.137. The van der Waals surface area contributed by atoms with Gasteiger partial charge in [0.25, 0.3) is 0 Å². The van der Waals surface area contributed by atoms with Gasteiger partial charge in [0, 0.05) is 35.9 Å². The number of ether oxygens (including phenoxy) is 1. The number of benzene rings is 3. The van der Waals surface area contributed by atoms with Crippen molar-refractivity contribution in [3.8, 4) is 22.6 Å². The van der Waals surface area contributed by atoms with Crippen molar-refractivity contribution in [3.05, 3.63) is 84.1 Å². The number of anilines is 1. The van der Waals surface area contributed by atoms with Gasteiger partial charge >= 0.3 is 6.18 Å². The van der Waals surface area contributed by atoms with Gasteiger partial charge in [-0.25, -0.2) is 0 Å². The van der Waals surface area contributed by atoms with Crippen molar-refractivity contribution >= 4 is 29.0 Å². The van der Waals surface area contributed by atoms with Crippen molar-refractivity contribution in [1.82, 2.24) is 10.3 Å². The molecule has 0 bridgehead atoms. The number of hydrogen-bond donors (Lipinski definition) is 3. The SMILES string of the molecule is COc1cccc(CNCCCNc2ccnc3cc(-c4ccc(C(F)(F)F)cc4)ccc23)c1O.Cl. The first-order valence-electron chi connectivity index (χ1n) is 11.2. The van der Waals surface area contributed by atoms with E-state index in [-0.39, 0.29) is 18.2 Å². The van der Waals surface area contributed by atoms with Crippen LogP contribution in [0, 0.1) is 0 Å². The monoisotopic (exact) mass is 517 g/mol. The molecule has 0 aliphatic heterocycles. The number of halogens is 4. The molecular weight excluding hydrogens is 491 g/mol. The maximum Gasteiger partial charge on any atom is 0.416 e. The molecule has 0 saturated heterocycles. The normalized spacial score (nSPS) is 11.2. The summed E-state index contributed by atoms with van der Waals surface area (Å²) in [6, 6.07) is 18.2. The van der Waals surface area contributed by atoms with E-state index in [0.29, 0.717) is 17.9 Å². The number of hydrogen-bond acceptors (Lipinski definition) is 5. The number of nitrogens with one attached hydrogen (secondary N) is 2. The van der Waals surface area contributed by atoms with Crippen LogP contribution in [0.5, 0.6) is 11.5 Å². The summed E-state index contributed by atoms with van der Waals surface area (Å²) in [5.74, 6) is 0.608. The molecule has 0 unspecified atom stereocenters. The molecule has 0 aliphatic carbocycles. The quantitative estimate of drug-likeness (QED) is 0.217. The van der Waals surface area contributed by atoms with Crippen LogP contribution in [0.1, 0.15) is 17.5 Å². The highest BCUT2D eigenvalue weighted by Gasteiger charge is 2.29. The summed E-state index contributed by atoms with van der Waals surface area (Å²) < 4.78 is 43.6. The number of nitrogens with zero attached hydrogens (tertiary/aromatic N) is 1. The van der Waals surface area contributed by atoms with Gasteiger partial charge in [-0.3, -0.25) is 4.98 Å². The standard InChI is InChI=1S/C27H26F3N3O2.ClH/c1-35-25-5-2-4-20(26(25)34)17-31-13-3-14-32-23-12-15-33-24-16-19(8-11-22(23)24)18-6-9-21(10-7-18)27(28,29)30;/h2,4-12,15-16,31,34H,3,13-14,17H2,1H3,(H,32,33);1H. The first kappa shape index (κ1) is 27.1. The molecule has 36 heavy (non-hydrogen) atoms. The Kier molecular flexibility index (Phi) is 9.01. The van der Waals surface area contributed by atoms with Gasteiger partial charge in [-0.15, -0.1) is 12.4 Å². The molecule has 9 heteroatoms. The summed E-state index contributed by atoms with van der Waals surface area (Å²) in [4.78, 5) is 4.43. The summed E-state index contributed by atoms with van der Waals surface area (Å²) in [5.41, 5.74) is 3.33. The summed E-state index contributed by atoms with van der Waals surface area (Å²) >= 11 is 0. The zero-order valence-corrected chi connectivity index (χ0v) is 20.4. The van der Waals surface area contributed by atoms with Crippen molar-refractivity contribution in [1.29, 1.82) is 0 Å². The number of methoxy groups -OCH3 is 1. The zero-order valence-electron chi connectivity index (χ0n) is 19.6. The zero-order chi connectivity index (χ0) is 24.8. The van der Waals surface area contributed by atoms with Crippen LogP contribution in [-0.4, -0.2) is 30.3 Å². The van der Waals surface area contributed by atoms with Crippen LogP contribution in [0.4, 0.5) is 18.9 Å². The number of aromatic hydroxyl groups is 1. The molecular formula is C27H27ClF3N3O2. The Hall–Kier alpha value is -3.49. The first-order valence-corrected chi connectivity index (χ1v) is 11.2. The first-order chi connectivity index (χ1) is 16.9. The van der Waals surface area contributed by atoms with Crippen LogP contribution in [0.3, 0.4) is 0 Å². The number of phenolic OH excluding ortho intramolecular Hbond substituents is 1. The highest BCUT2D eigenvalue weighted by molar-refractivity contribution is 5.93. The fourth-order valence-corrected chi connectivity index (χ4v) is 3.87. The molecule has 4 rings (SSSR count). The smallest absolute Gasteiger partial charge is 0.416 e. The fraction of sp³-hybridized carbons (Fsp3) is 0.222. The third-order valence-corrected chi connectivity index (χ3v) is 5.75. The molecule has 0 saturated carbocycles. The molecule has 5 nitrogen and oxygen atoms in total. The van der Waals surface area contributed by atoms with Gasteiger partial charge in [-0.1, -0.05) is 36.4 Å². The Morgan fingerprint density at radius 1 is 0.944 bits per heavy atom. The van der Waals surface area contributed by atoms with E-state index >= 15 is 0 Å². The molecule has 1 aromatic heterocycles. The van der Waals surface area contributed by atoms with Crippen molar-refractivity contribution in [2.24, 2.45) is 0 Å². The van der Waals surface area contributed by atoms with E-state index in [1.54, 1.807) is 12.3 Å². The van der Waals surface area contributed by atoms with Crippen molar-refractivity contribution in [2.45, 2.75) is 19.1 Å². The second-order valence-electron chi connectivity index (χ2n) is 8.09. The third-order valence-electron chi connectivity index (χ3n) is 5.75. The molecule has 190 valence electrons. The molecule has 1 heterocycles. The second-order valence-corrected chi connectivity index (χ2v) is 8.09. The van der Waals surface area contributed by atoms with Crippen LogP contribution in [0.2, 0.25) is 0 Å². The van der Waals surface area contributed by atoms with E-state index in [9.17, 15) is 18.3 Å². The molecule has 0 fully saturated rings. The van der Waals surface area contributed by atoms with E-state index in [4.69, 9.17) is 4.74 Å². The second kappa shape index (κ2) is 12.0. The van der Waals surface area contributed by atoms with E-state index in [2.05, 4.69) is 15.6 Å². The van der Waals surface area contributed by atoms with Crippen LogP contribution < -0.4 is 15.4 Å². The maximum absolute atomic E-state index is 12.8. The number of alkyl halides is 3. The fourth-order valence-electron chi connectivity index (χ4n) is 3.87. The third kappa shape index (κ3) is 6.38. The number of rotatable bonds is 9. The van der Waals surface area contributed by atoms with Crippen molar-refractivity contribution in [2.75, 3.05) is 25.5 Å². The lowest BCUT2D eigenvalue weighted by Gasteiger charge is -2.12. The minimum Gasteiger partial charge on any atom is -0.504 e. The number of aromatic nitrogens is 1. The Morgan fingerprint density at radius 3 is 2.42 bits per heavy atom. The number of para-hydroxylation sites is 1. The molecule has 0 spiro atoms. The summed E-state index contributed by atoms with van der Waals surface area (Å²) in [7, 11) is 1.52. The van der Waals surface area contributed by atoms with E-state index < -0.39 is 11.7 Å². The maximum atomic E-state index is 12.8. The van der Waals surface area contributed by atoms with Gasteiger partial charge in [-0.05, 0) is 54.4 Å². The highest BCUT2D eigenvalue weighted by Crippen LogP contribution is 2.32. The average molecular weight is 518 g/mol. The lowest BCUT2D eigenvalue weighted by atomic mass is 10.0. The lowest BCUT2D eigenvalue weighted by Crippen LogP contribution is -2.17. The Balaban J connectivity index is 0.00000361. The predicted molar refractivity (Wildman–Crippen MR) is 139 cm³/mol. The van der Waals surface area contributed by atoms with E-state index in [0.717, 1.165) is 59.4 Å². The number of pyridine rings is 1. The molecule has 3 aromatic carbocycles. The molecule has 3 N–H and O–H groups in total. The van der Waals surface area contributed by atoms with Crippen LogP contribution in [0.25, 0.3) is 22.0 Å². The van der Waals surface area contributed by atoms with E-state index in [1.165, 1.54) is 19.2 Å². The predicted octanol–water partition coefficient (Wildman–Crippen LogP) is 6.65.